The second kappa shape index (κ2) is 9.33. The number of aromatic amines is 1. The molecule has 0 aliphatic carbocycles. The van der Waals surface area contributed by atoms with Gasteiger partial charge in [-0.05, 0) is 30.0 Å². The zero-order chi connectivity index (χ0) is 20.1. The fraction of sp³-hybridized carbons (Fsp3) is 0.409. The van der Waals surface area contributed by atoms with Crippen LogP contribution in [0.15, 0.2) is 46.6 Å². The van der Waals surface area contributed by atoms with E-state index < -0.39 is 0 Å². The van der Waals surface area contributed by atoms with Gasteiger partial charge in [-0.3, -0.25) is 9.59 Å². The van der Waals surface area contributed by atoms with Gasteiger partial charge in [0, 0.05) is 25.7 Å². The number of nitrogens with zero attached hydrogens (tertiary/aromatic N) is 1. The van der Waals surface area contributed by atoms with Crippen molar-refractivity contribution in [3.63, 3.8) is 0 Å². The molecule has 3 aromatic rings. The number of thiophene rings is 1. The summed E-state index contributed by atoms with van der Waals surface area (Å²) in [6.45, 7) is 3.04. The number of rotatable bonds is 8. The molecule has 152 valence electrons. The van der Waals surface area contributed by atoms with Crippen molar-refractivity contribution in [1.29, 1.82) is 0 Å². The number of amides is 1. The molecule has 0 radical (unpaired) electrons. The number of fused-ring (bicyclic) bond motifs is 1. The lowest BCUT2D eigenvalue weighted by molar-refractivity contribution is -0.918. The molecule has 7 heteroatoms. The summed E-state index contributed by atoms with van der Waals surface area (Å²) >= 11 is 1.77. The monoisotopic (exact) mass is 411 g/mol. The fourth-order valence-corrected chi connectivity index (χ4v) is 4.97. The fourth-order valence-electron chi connectivity index (χ4n) is 4.09. The first-order valence-electron chi connectivity index (χ1n) is 10.3. The largest absolute Gasteiger partial charge is 0.350 e. The average molecular weight is 412 g/mol. The van der Waals surface area contributed by atoms with E-state index in [2.05, 4.69) is 32.8 Å². The minimum absolute atomic E-state index is 0.0632. The Morgan fingerprint density at radius 1 is 1.21 bits per heavy atom. The highest BCUT2D eigenvalue weighted by molar-refractivity contribution is 7.10. The van der Waals surface area contributed by atoms with Gasteiger partial charge in [-0.2, -0.15) is 0 Å². The summed E-state index contributed by atoms with van der Waals surface area (Å²) in [5, 5.41) is 5.83. The zero-order valence-corrected chi connectivity index (χ0v) is 17.3. The molecule has 29 heavy (non-hydrogen) atoms. The number of benzene rings is 1. The van der Waals surface area contributed by atoms with Gasteiger partial charge in [0.15, 0.2) is 0 Å². The molecule has 1 fully saturated rings. The van der Waals surface area contributed by atoms with Crippen LogP contribution in [0.3, 0.4) is 0 Å². The predicted molar refractivity (Wildman–Crippen MR) is 115 cm³/mol. The third-order valence-corrected chi connectivity index (χ3v) is 6.59. The summed E-state index contributed by atoms with van der Waals surface area (Å²) < 4.78 is 0. The molecule has 0 bridgehead atoms. The van der Waals surface area contributed by atoms with Gasteiger partial charge in [-0.25, -0.2) is 4.98 Å². The van der Waals surface area contributed by atoms with Crippen molar-refractivity contribution in [1.82, 2.24) is 15.3 Å². The molecule has 1 atom stereocenters. The topological polar surface area (TPSA) is 79.3 Å². The minimum atomic E-state index is -0.123. The number of para-hydroxylation sites is 1. The Morgan fingerprint density at radius 2 is 2.03 bits per heavy atom. The number of carbonyl (C=O) groups excluding carboxylic acids is 1. The maximum absolute atomic E-state index is 12.4. The van der Waals surface area contributed by atoms with Crippen molar-refractivity contribution < 1.29 is 9.69 Å². The second-order valence-corrected chi connectivity index (χ2v) is 8.60. The molecule has 0 spiro atoms. The summed E-state index contributed by atoms with van der Waals surface area (Å²) in [7, 11) is 0. The minimum Gasteiger partial charge on any atom is -0.350 e. The number of nitrogens with one attached hydrogen (secondary N) is 3. The maximum Gasteiger partial charge on any atom is 0.258 e. The maximum atomic E-state index is 12.4. The number of likely N-dealkylation sites (tertiary alicyclic amines) is 1. The molecule has 0 unspecified atom stereocenters. The molecular formula is C22H27N4O2S+. The van der Waals surface area contributed by atoms with E-state index >= 15 is 0 Å². The van der Waals surface area contributed by atoms with E-state index in [9.17, 15) is 9.59 Å². The molecule has 1 saturated heterocycles. The Labute approximate surface area is 174 Å². The van der Waals surface area contributed by atoms with E-state index in [1.807, 2.05) is 18.2 Å². The predicted octanol–water partition coefficient (Wildman–Crippen LogP) is 1.84. The highest BCUT2D eigenvalue weighted by atomic mass is 32.1. The summed E-state index contributed by atoms with van der Waals surface area (Å²) in [6.07, 6.45) is 4.21. The molecule has 1 aliphatic heterocycles. The first-order valence-corrected chi connectivity index (χ1v) is 11.2. The Kier molecular flexibility index (Phi) is 6.36. The summed E-state index contributed by atoms with van der Waals surface area (Å²) in [5.74, 6) is 0.702. The first-order chi connectivity index (χ1) is 14.2. The van der Waals surface area contributed by atoms with Crippen molar-refractivity contribution in [2.24, 2.45) is 0 Å². The van der Waals surface area contributed by atoms with Crippen molar-refractivity contribution >= 4 is 28.1 Å². The Bertz CT molecular complexity index is 1010. The van der Waals surface area contributed by atoms with Gasteiger partial charge >= 0.3 is 0 Å². The molecule has 3 N–H and O–H groups in total. The highest BCUT2D eigenvalue weighted by Crippen LogP contribution is 2.17. The normalized spacial score (nSPS) is 15.6. The van der Waals surface area contributed by atoms with Crippen molar-refractivity contribution in [3.8, 4) is 0 Å². The number of aromatic nitrogens is 2. The quantitative estimate of drug-likeness (QED) is 0.529. The van der Waals surface area contributed by atoms with E-state index in [1.54, 1.807) is 22.3 Å². The van der Waals surface area contributed by atoms with E-state index in [0.29, 0.717) is 48.6 Å². The van der Waals surface area contributed by atoms with Gasteiger partial charge < -0.3 is 15.2 Å². The molecule has 2 aromatic heterocycles. The van der Waals surface area contributed by atoms with E-state index in [-0.39, 0.29) is 11.5 Å². The molecule has 4 rings (SSSR count). The molecule has 3 heterocycles. The van der Waals surface area contributed by atoms with Crippen LogP contribution in [0, 0.1) is 0 Å². The van der Waals surface area contributed by atoms with Crippen LogP contribution in [0.25, 0.3) is 10.9 Å². The molecule has 6 nitrogen and oxygen atoms in total. The average Bonchev–Trinajstić information content (AvgIpc) is 3.43. The van der Waals surface area contributed by atoms with Gasteiger partial charge in [0.05, 0.1) is 35.4 Å². The van der Waals surface area contributed by atoms with Gasteiger partial charge in [0.2, 0.25) is 5.91 Å². The van der Waals surface area contributed by atoms with Crippen LogP contribution in [0.2, 0.25) is 0 Å². The van der Waals surface area contributed by atoms with Gasteiger partial charge in [-0.15, -0.1) is 11.3 Å². The van der Waals surface area contributed by atoms with Crippen LogP contribution in [0.4, 0.5) is 0 Å². The summed E-state index contributed by atoms with van der Waals surface area (Å²) in [6, 6.07) is 11.9. The Hall–Kier alpha value is -2.51. The van der Waals surface area contributed by atoms with Crippen LogP contribution in [0.5, 0.6) is 0 Å². The van der Waals surface area contributed by atoms with Crippen molar-refractivity contribution in [2.75, 3.05) is 19.6 Å². The summed E-state index contributed by atoms with van der Waals surface area (Å²) in [4.78, 5) is 34.8. The summed E-state index contributed by atoms with van der Waals surface area (Å²) in [5.41, 5.74) is 0.575. The van der Waals surface area contributed by atoms with Gasteiger partial charge in [0.25, 0.3) is 5.56 Å². The smallest absolute Gasteiger partial charge is 0.258 e. The van der Waals surface area contributed by atoms with Crippen molar-refractivity contribution in [3.05, 3.63) is 62.8 Å². The van der Waals surface area contributed by atoms with Crippen LogP contribution in [-0.4, -0.2) is 35.5 Å². The lowest BCUT2D eigenvalue weighted by Crippen LogP contribution is -3.11. The van der Waals surface area contributed by atoms with E-state index in [1.165, 1.54) is 30.8 Å². The van der Waals surface area contributed by atoms with Crippen LogP contribution in [-0.2, 0) is 11.2 Å². The number of carbonyl (C=O) groups is 1. The first kappa shape index (κ1) is 19.8. The SMILES string of the molecule is O=C(CCCc1nc2ccccc2c(=O)[nH]1)NC[C@H](c1cccs1)[NH+]1CCCC1. The molecule has 1 amide bonds. The van der Waals surface area contributed by atoms with Gasteiger partial charge in [-0.1, -0.05) is 18.2 Å². The number of H-pyrrole nitrogens is 1. The zero-order valence-electron chi connectivity index (χ0n) is 16.4. The third kappa shape index (κ3) is 4.92. The van der Waals surface area contributed by atoms with Crippen LogP contribution < -0.4 is 15.8 Å². The van der Waals surface area contributed by atoms with E-state index in [0.717, 1.165) is 0 Å². The Morgan fingerprint density at radius 3 is 2.83 bits per heavy atom. The number of hydrogen-bond acceptors (Lipinski definition) is 4. The molecule has 0 saturated carbocycles. The van der Waals surface area contributed by atoms with E-state index in [4.69, 9.17) is 0 Å². The van der Waals surface area contributed by atoms with Crippen LogP contribution in [0.1, 0.15) is 42.4 Å². The molecular weight excluding hydrogens is 384 g/mol. The number of quaternary nitrogens is 1. The third-order valence-electron chi connectivity index (χ3n) is 5.61. The lowest BCUT2D eigenvalue weighted by atomic mass is 10.2. The lowest BCUT2D eigenvalue weighted by Gasteiger charge is -2.24. The number of hydrogen-bond donors (Lipinski definition) is 3. The molecule has 1 aromatic carbocycles. The van der Waals surface area contributed by atoms with Gasteiger partial charge in [0.1, 0.15) is 11.9 Å². The highest BCUT2D eigenvalue weighted by Gasteiger charge is 2.28. The van der Waals surface area contributed by atoms with Crippen LogP contribution >= 0.6 is 11.3 Å². The van der Waals surface area contributed by atoms with Crippen molar-refractivity contribution in [2.45, 2.75) is 38.1 Å². The Balaban J connectivity index is 1.29. The second-order valence-electron chi connectivity index (χ2n) is 7.62. The standard InChI is InChI=1S/C22H26N4O2S/c27-21(23-15-18(19-9-6-14-29-19)26-12-3-4-13-26)11-5-10-20-24-17-8-2-1-7-16(17)22(28)25-20/h1-2,6-9,14,18H,3-5,10-13,15H2,(H,23,27)(H,24,25,28)/p+1/t18-/m1/s1. The molecule has 1 aliphatic rings. The number of aryl methyl sites for hydroxylation is 1.